The van der Waals surface area contributed by atoms with E-state index in [0.29, 0.717) is 28.8 Å². The first kappa shape index (κ1) is 15.9. The van der Waals surface area contributed by atoms with E-state index in [-0.39, 0.29) is 12.0 Å². The van der Waals surface area contributed by atoms with Crippen LogP contribution in [0.15, 0.2) is 12.1 Å². The van der Waals surface area contributed by atoms with Crippen LogP contribution < -0.4 is 10.1 Å². The quantitative estimate of drug-likeness (QED) is 0.752. The van der Waals surface area contributed by atoms with Crippen LogP contribution in [0.1, 0.15) is 29.6 Å². The van der Waals surface area contributed by atoms with Crippen LogP contribution in [-0.4, -0.2) is 30.8 Å². The van der Waals surface area contributed by atoms with Crippen molar-refractivity contribution in [2.24, 2.45) is 5.92 Å². The Hall–Kier alpha value is -0.530. The monoisotopic (exact) mass is 409 g/mol. The van der Waals surface area contributed by atoms with Gasteiger partial charge in [0.2, 0.25) is 0 Å². The number of ether oxygens (including phenoxy) is 1. The molecular formula is C14H17ClINO3. The molecule has 20 heavy (non-hydrogen) atoms. The highest BCUT2D eigenvalue weighted by Crippen LogP contribution is 2.29. The van der Waals surface area contributed by atoms with Crippen LogP contribution in [0.25, 0.3) is 0 Å². The highest BCUT2D eigenvalue weighted by molar-refractivity contribution is 14.1. The summed E-state index contributed by atoms with van der Waals surface area (Å²) in [4.78, 5) is 12.2. The number of benzene rings is 1. The molecule has 2 rings (SSSR count). The number of carbonyl (C=O) groups is 1. The van der Waals surface area contributed by atoms with Gasteiger partial charge in [-0.25, -0.2) is 0 Å². The Labute approximate surface area is 137 Å². The number of methoxy groups -OCH3 is 1. The summed E-state index contributed by atoms with van der Waals surface area (Å²) < 4.78 is 6.07. The van der Waals surface area contributed by atoms with E-state index in [1.54, 1.807) is 12.1 Å². The van der Waals surface area contributed by atoms with Gasteiger partial charge in [0.15, 0.2) is 0 Å². The first-order chi connectivity index (χ1) is 9.51. The zero-order valence-electron chi connectivity index (χ0n) is 11.2. The maximum Gasteiger partial charge on any atom is 0.255 e. The van der Waals surface area contributed by atoms with Crippen LogP contribution in [0.5, 0.6) is 5.75 Å². The molecule has 1 aliphatic carbocycles. The average molecular weight is 410 g/mol. The summed E-state index contributed by atoms with van der Waals surface area (Å²) in [5.41, 5.74) is 0.441. The maximum atomic E-state index is 12.2. The molecule has 2 unspecified atom stereocenters. The molecule has 0 aliphatic heterocycles. The van der Waals surface area contributed by atoms with E-state index in [1.807, 2.05) is 0 Å². The van der Waals surface area contributed by atoms with E-state index in [2.05, 4.69) is 27.9 Å². The van der Waals surface area contributed by atoms with Crippen molar-refractivity contribution in [3.05, 3.63) is 26.3 Å². The van der Waals surface area contributed by atoms with Gasteiger partial charge in [-0.15, -0.1) is 0 Å². The third-order valence-corrected chi connectivity index (χ3v) is 5.08. The summed E-state index contributed by atoms with van der Waals surface area (Å²) in [5, 5.41) is 12.9. The number of hydrogen-bond donors (Lipinski definition) is 2. The highest BCUT2D eigenvalue weighted by Gasteiger charge is 2.23. The van der Waals surface area contributed by atoms with Crippen molar-refractivity contribution in [2.45, 2.75) is 25.4 Å². The molecule has 0 saturated heterocycles. The predicted octanol–water partition coefficient (Wildman–Crippen LogP) is 2.84. The Balaban J connectivity index is 2.03. The van der Waals surface area contributed by atoms with Gasteiger partial charge in [0, 0.05) is 10.1 Å². The number of aliphatic hydroxyl groups is 1. The van der Waals surface area contributed by atoms with Gasteiger partial charge in [-0.3, -0.25) is 4.79 Å². The molecule has 0 bridgehead atoms. The second kappa shape index (κ2) is 6.95. The number of hydrogen-bond acceptors (Lipinski definition) is 3. The SMILES string of the molecule is COc1cc(I)c(Cl)cc1C(=O)NCC1CCC(O)C1. The fourth-order valence-corrected chi connectivity index (χ4v) is 3.04. The molecule has 0 aromatic heterocycles. The lowest BCUT2D eigenvalue weighted by Crippen LogP contribution is -2.29. The highest BCUT2D eigenvalue weighted by atomic mass is 127. The first-order valence-electron chi connectivity index (χ1n) is 6.50. The fraction of sp³-hybridized carbons (Fsp3) is 0.500. The van der Waals surface area contributed by atoms with E-state index in [9.17, 15) is 9.90 Å². The number of halogens is 2. The van der Waals surface area contributed by atoms with E-state index in [1.165, 1.54) is 7.11 Å². The summed E-state index contributed by atoms with van der Waals surface area (Å²) in [6, 6.07) is 3.37. The number of aliphatic hydroxyl groups excluding tert-OH is 1. The van der Waals surface area contributed by atoms with Gasteiger partial charge < -0.3 is 15.2 Å². The molecule has 1 amide bonds. The molecule has 1 aromatic rings. The van der Waals surface area contributed by atoms with Crippen LogP contribution >= 0.6 is 34.2 Å². The zero-order valence-corrected chi connectivity index (χ0v) is 14.1. The second-order valence-corrected chi connectivity index (χ2v) is 6.58. The van der Waals surface area contributed by atoms with E-state index in [0.717, 1.165) is 22.8 Å². The molecule has 2 N–H and O–H groups in total. The third kappa shape index (κ3) is 3.77. The maximum absolute atomic E-state index is 12.2. The van der Waals surface area contributed by atoms with E-state index >= 15 is 0 Å². The summed E-state index contributed by atoms with van der Waals surface area (Å²) in [6.45, 7) is 0.572. The van der Waals surface area contributed by atoms with Crippen LogP contribution in [0, 0.1) is 9.49 Å². The van der Waals surface area contributed by atoms with Gasteiger partial charge >= 0.3 is 0 Å². The minimum Gasteiger partial charge on any atom is -0.496 e. The second-order valence-electron chi connectivity index (χ2n) is 5.01. The summed E-state index contributed by atoms with van der Waals surface area (Å²) in [7, 11) is 1.53. The van der Waals surface area contributed by atoms with Crippen molar-refractivity contribution in [3.63, 3.8) is 0 Å². The Morgan fingerprint density at radius 2 is 2.30 bits per heavy atom. The summed E-state index contributed by atoms with van der Waals surface area (Å²) in [5.74, 6) is 0.670. The van der Waals surface area contributed by atoms with Crippen LogP contribution in [-0.2, 0) is 0 Å². The number of carbonyl (C=O) groups excluding carboxylic acids is 1. The normalized spacial score (nSPS) is 21.8. The Bertz CT molecular complexity index is 509. The molecular weight excluding hydrogens is 393 g/mol. The minimum atomic E-state index is -0.223. The summed E-state index contributed by atoms with van der Waals surface area (Å²) >= 11 is 8.15. The smallest absolute Gasteiger partial charge is 0.255 e. The van der Waals surface area contributed by atoms with Crippen molar-refractivity contribution in [3.8, 4) is 5.75 Å². The Kier molecular flexibility index (Phi) is 5.51. The van der Waals surface area contributed by atoms with Gasteiger partial charge in [-0.1, -0.05) is 11.6 Å². The van der Waals surface area contributed by atoms with E-state index < -0.39 is 0 Å². The first-order valence-corrected chi connectivity index (χ1v) is 7.96. The Morgan fingerprint density at radius 1 is 1.55 bits per heavy atom. The lowest BCUT2D eigenvalue weighted by atomic mass is 10.1. The molecule has 1 aliphatic rings. The summed E-state index contributed by atoms with van der Waals surface area (Å²) in [6.07, 6.45) is 2.30. The average Bonchev–Trinajstić information content (AvgIpc) is 2.84. The molecule has 0 radical (unpaired) electrons. The lowest BCUT2D eigenvalue weighted by molar-refractivity contribution is 0.0942. The minimum absolute atomic E-state index is 0.193. The molecule has 1 saturated carbocycles. The largest absolute Gasteiger partial charge is 0.496 e. The molecule has 1 aromatic carbocycles. The van der Waals surface area contributed by atoms with Crippen molar-refractivity contribution < 1.29 is 14.6 Å². The predicted molar refractivity (Wildman–Crippen MR) is 86.4 cm³/mol. The standard InChI is InChI=1S/C14H17ClINO3/c1-20-13-6-12(16)11(15)5-10(13)14(19)17-7-8-2-3-9(18)4-8/h5-6,8-9,18H,2-4,7H2,1H3,(H,17,19). The zero-order chi connectivity index (χ0) is 14.7. The molecule has 6 heteroatoms. The van der Waals surface area contributed by atoms with E-state index in [4.69, 9.17) is 16.3 Å². The van der Waals surface area contributed by atoms with Gasteiger partial charge in [-0.05, 0) is 59.9 Å². The Morgan fingerprint density at radius 3 is 2.90 bits per heavy atom. The van der Waals surface area contributed by atoms with Crippen molar-refractivity contribution in [1.82, 2.24) is 5.32 Å². The molecule has 1 fully saturated rings. The molecule has 4 nitrogen and oxygen atoms in total. The molecule has 2 atom stereocenters. The fourth-order valence-electron chi connectivity index (χ4n) is 2.44. The number of rotatable bonds is 4. The van der Waals surface area contributed by atoms with Gasteiger partial charge in [0.25, 0.3) is 5.91 Å². The van der Waals surface area contributed by atoms with Crippen molar-refractivity contribution >= 4 is 40.1 Å². The number of amides is 1. The molecule has 110 valence electrons. The van der Waals surface area contributed by atoms with Crippen LogP contribution in [0.3, 0.4) is 0 Å². The van der Waals surface area contributed by atoms with Crippen LogP contribution in [0.4, 0.5) is 0 Å². The van der Waals surface area contributed by atoms with Gasteiger partial charge in [0.1, 0.15) is 5.75 Å². The number of nitrogens with one attached hydrogen (secondary N) is 1. The third-order valence-electron chi connectivity index (χ3n) is 3.55. The molecule has 0 spiro atoms. The van der Waals surface area contributed by atoms with Crippen molar-refractivity contribution in [1.29, 1.82) is 0 Å². The topological polar surface area (TPSA) is 58.6 Å². The van der Waals surface area contributed by atoms with Crippen LogP contribution in [0.2, 0.25) is 5.02 Å². The lowest BCUT2D eigenvalue weighted by Gasteiger charge is -2.13. The van der Waals surface area contributed by atoms with Gasteiger partial charge in [-0.2, -0.15) is 0 Å². The van der Waals surface area contributed by atoms with Gasteiger partial charge in [0.05, 0.1) is 23.8 Å². The molecule has 0 heterocycles. The van der Waals surface area contributed by atoms with Crippen molar-refractivity contribution in [2.75, 3.05) is 13.7 Å².